The molecule has 1 saturated heterocycles. The van der Waals surface area contributed by atoms with E-state index in [0.717, 1.165) is 38.3 Å². The number of imidazole rings is 1. The third-order valence-electron chi connectivity index (χ3n) is 14.2. The summed E-state index contributed by atoms with van der Waals surface area (Å²) in [5, 5.41) is 46.2. The third-order valence-corrected chi connectivity index (χ3v) is 16.0. The first-order chi connectivity index (χ1) is 39.5. The second kappa shape index (κ2) is 32.7. The highest BCUT2D eigenvalue weighted by Gasteiger charge is 2.30. The molecule has 1 aliphatic rings. The number of amides is 5. The van der Waals surface area contributed by atoms with E-state index >= 15 is 0 Å². The van der Waals surface area contributed by atoms with Gasteiger partial charge in [-0.25, -0.2) is 13.4 Å². The normalized spacial score (nSPS) is 15.5. The Labute approximate surface area is 484 Å². The molecular formula is C55H84N14O13S. The van der Waals surface area contributed by atoms with Gasteiger partial charge in [0.1, 0.15) is 29.4 Å². The number of pyridine rings is 1. The quantitative estimate of drug-likeness (QED) is 0.0230. The number of carbonyl (C=O) groups is 6. The Morgan fingerprint density at radius 1 is 0.783 bits per heavy atom. The summed E-state index contributed by atoms with van der Waals surface area (Å²) in [5.74, 6) is -3.23. The van der Waals surface area contributed by atoms with E-state index in [4.69, 9.17) is 4.74 Å². The van der Waals surface area contributed by atoms with Crippen LogP contribution in [-0.2, 0) is 47.6 Å². The van der Waals surface area contributed by atoms with E-state index in [1.165, 1.54) is 32.2 Å². The highest BCUT2D eigenvalue weighted by molar-refractivity contribution is 7.89. The molecule has 3 atom stereocenters. The molecule has 0 saturated carbocycles. The monoisotopic (exact) mass is 1180 g/mol. The maximum absolute atomic E-state index is 13.7. The summed E-state index contributed by atoms with van der Waals surface area (Å²) in [4.78, 5) is 107. The molecule has 3 heterocycles. The summed E-state index contributed by atoms with van der Waals surface area (Å²) in [5.41, 5.74) is 1.00. The molecule has 0 radical (unpaired) electrons. The number of carbonyl (C=O) groups excluding carboxylic acids is 5. The second-order valence-electron chi connectivity index (χ2n) is 20.6. The lowest BCUT2D eigenvalue weighted by molar-refractivity contribution is -0.138. The maximum atomic E-state index is 13.7. The highest BCUT2D eigenvalue weighted by Crippen LogP contribution is 2.26. The molecule has 0 spiro atoms. The van der Waals surface area contributed by atoms with E-state index in [0.29, 0.717) is 49.9 Å². The number of aliphatic hydroxyl groups excluding tert-OH is 1. The van der Waals surface area contributed by atoms with Crippen molar-refractivity contribution < 1.29 is 57.2 Å². The van der Waals surface area contributed by atoms with Crippen LogP contribution in [0, 0.1) is 13.8 Å². The summed E-state index contributed by atoms with van der Waals surface area (Å²) in [6.07, 6.45) is 4.00. The number of hydrogen-bond acceptors (Lipinski definition) is 18. The number of fused-ring (bicyclic) bond motifs is 1. The summed E-state index contributed by atoms with van der Waals surface area (Å²) in [6, 6.07) is 4.42. The molecule has 4 aromatic rings. The number of hydrogen-bond donors (Lipinski definition) is 11. The van der Waals surface area contributed by atoms with Gasteiger partial charge < -0.3 is 71.3 Å². The first-order valence-corrected chi connectivity index (χ1v) is 29.5. The zero-order valence-electron chi connectivity index (χ0n) is 48.6. The number of rotatable bonds is 29. The van der Waals surface area contributed by atoms with Crippen molar-refractivity contribution in [2.75, 3.05) is 111 Å². The van der Waals surface area contributed by atoms with Crippen LogP contribution in [-0.4, -0.2) is 223 Å². The number of sulfonamides is 1. The maximum Gasteiger partial charge on any atom is 0.323 e. The number of aliphatic hydroxyl groups is 2. The molecule has 5 amide bonds. The van der Waals surface area contributed by atoms with Gasteiger partial charge >= 0.3 is 5.97 Å². The molecule has 3 unspecified atom stereocenters. The van der Waals surface area contributed by atoms with Gasteiger partial charge in [-0.3, -0.25) is 43.4 Å². The Bertz CT molecular complexity index is 2970. The van der Waals surface area contributed by atoms with Gasteiger partial charge in [0.25, 0.3) is 5.91 Å². The van der Waals surface area contributed by atoms with Crippen molar-refractivity contribution in [2.45, 2.75) is 96.2 Å². The van der Waals surface area contributed by atoms with Gasteiger partial charge in [0, 0.05) is 123 Å². The Morgan fingerprint density at radius 3 is 2.06 bits per heavy atom. The van der Waals surface area contributed by atoms with E-state index < -0.39 is 70.1 Å². The van der Waals surface area contributed by atoms with Crippen LogP contribution in [0.3, 0.4) is 0 Å². The van der Waals surface area contributed by atoms with Gasteiger partial charge in [-0.15, -0.1) is 0 Å². The Morgan fingerprint density at radius 2 is 1.42 bits per heavy atom. The van der Waals surface area contributed by atoms with Crippen LogP contribution in [0.15, 0.2) is 58.6 Å². The molecule has 2 aromatic carbocycles. The van der Waals surface area contributed by atoms with Crippen LogP contribution < -0.4 is 46.8 Å². The molecule has 5 rings (SSSR count). The molecule has 1 fully saturated rings. The number of aromatic nitrogens is 3. The minimum atomic E-state index is -4.49. The van der Waals surface area contributed by atoms with Crippen LogP contribution in [0.2, 0.25) is 0 Å². The smallest absolute Gasteiger partial charge is 0.323 e. The number of carboxylic acid groups (broad SMARTS) is 1. The van der Waals surface area contributed by atoms with Crippen molar-refractivity contribution in [1.82, 2.24) is 65.4 Å². The number of β-amino-alcohol motifs (C(OH)–C–C–N with tert-alkyl or cyclic N) is 2. The van der Waals surface area contributed by atoms with Gasteiger partial charge in [-0.1, -0.05) is 26.8 Å². The van der Waals surface area contributed by atoms with Gasteiger partial charge in [0.05, 0.1) is 23.6 Å². The lowest BCUT2D eigenvalue weighted by Crippen LogP contribution is -2.55. The van der Waals surface area contributed by atoms with Crippen molar-refractivity contribution in [3.05, 3.63) is 81.4 Å². The number of nitrogens with zero attached hydrogens (tertiary/aromatic N) is 6. The first kappa shape index (κ1) is 66.7. The van der Waals surface area contributed by atoms with Crippen molar-refractivity contribution in [1.29, 1.82) is 0 Å². The van der Waals surface area contributed by atoms with Gasteiger partial charge in [-0.05, 0) is 87.7 Å². The van der Waals surface area contributed by atoms with E-state index in [1.807, 2.05) is 16.8 Å². The van der Waals surface area contributed by atoms with Gasteiger partial charge in [0.15, 0.2) is 12.2 Å². The Balaban J connectivity index is 1.02. The fourth-order valence-electron chi connectivity index (χ4n) is 9.45. The molecule has 28 heteroatoms. The number of H-pyrrole nitrogens is 1. The second-order valence-corrected chi connectivity index (χ2v) is 22.3. The van der Waals surface area contributed by atoms with Crippen molar-refractivity contribution >= 4 is 62.4 Å². The molecule has 27 nitrogen and oxygen atoms in total. The summed E-state index contributed by atoms with van der Waals surface area (Å²) in [7, 11) is -0.795. The SMILES string of the molecule is CCC(NC(=O)CN1CCN(CC)CCN(C)CCN(CC(O)O)CC1)C(=O)NC(CC)C(=O)NCCNC(=O)CCCOc1cc(C)c(S(=O)(=O)NC(CNC(=O)c2cn(C)c3cc(CNc4ncc[nH]4)ccc3c2=O)C(=O)O)c(C)c1. The third kappa shape index (κ3) is 21.0. The van der Waals surface area contributed by atoms with Gasteiger partial charge in [0.2, 0.25) is 39.1 Å². The Hall–Kier alpha value is -7.05. The topological polar surface area (TPSA) is 354 Å². The average molecular weight is 1180 g/mol. The zero-order valence-corrected chi connectivity index (χ0v) is 49.4. The minimum Gasteiger partial charge on any atom is -0.494 e. The van der Waals surface area contributed by atoms with Crippen molar-refractivity contribution in [2.24, 2.45) is 7.05 Å². The summed E-state index contributed by atoms with van der Waals surface area (Å²) in [6.45, 7) is 14.9. The predicted octanol–water partition coefficient (Wildman–Crippen LogP) is -0.985. The predicted molar refractivity (Wildman–Crippen MR) is 311 cm³/mol. The lowest BCUT2D eigenvalue weighted by Gasteiger charge is -2.33. The molecule has 0 aliphatic carbocycles. The molecule has 1 aliphatic heterocycles. The number of nitrogens with one attached hydrogen (secondary N) is 8. The van der Waals surface area contributed by atoms with Crippen LogP contribution in [0.1, 0.15) is 73.5 Å². The average Bonchev–Trinajstić information content (AvgIpc) is 4.14. The van der Waals surface area contributed by atoms with E-state index in [-0.39, 0.29) is 97.3 Å². The summed E-state index contributed by atoms with van der Waals surface area (Å²) < 4.78 is 36.9. The van der Waals surface area contributed by atoms with E-state index in [9.17, 15) is 57.3 Å². The van der Waals surface area contributed by atoms with E-state index in [2.05, 4.69) is 63.3 Å². The van der Waals surface area contributed by atoms with Crippen LogP contribution >= 0.6 is 0 Å². The fraction of sp³-hybridized carbons (Fsp3) is 0.564. The fourth-order valence-corrected chi connectivity index (χ4v) is 11.1. The summed E-state index contributed by atoms with van der Waals surface area (Å²) >= 11 is 0. The molecule has 11 N–H and O–H groups in total. The number of likely N-dealkylation sites (N-methyl/N-ethyl adjacent to an activating group) is 2. The number of carboxylic acids is 1. The van der Waals surface area contributed by atoms with Crippen molar-refractivity contribution in [3.8, 4) is 5.75 Å². The zero-order chi connectivity index (χ0) is 60.8. The van der Waals surface area contributed by atoms with Gasteiger partial charge in [-0.2, -0.15) is 4.72 Å². The molecule has 0 bridgehead atoms. The standard InChI is InChI=1S/C55H84N14O13S/c1-8-42(63-53(77)43(9-2)62-47(71)34-68-24-23-67(10-3)21-19-65(6)20-22-69(26-25-68)35-48(72)73)52(76)57-16-15-56-46(70)12-11-27-82-39-28-36(4)50(37(5)29-39)83(80,81)64-44(54(78)79)32-60-51(75)41-33-66(7)45-30-38(13-14-40(45)49(41)74)31-61-55-58-17-18-59-55/h13-14,17-18,28-30,33,42-44,48,64,72-73H,8-12,15-16,19-27,31-32,34-35H2,1-7H3,(H,56,70)(H,57,76)(H,60,75)(H,62,71)(H,63,77)(H,78,79)(H2,58,59,61). The lowest BCUT2D eigenvalue weighted by atomic mass is 10.1. The largest absolute Gasteiger partial charge is 0.494 e. The van der Waals surface area contributed by atoms with E-state index in [1.54, 1.807) is 56.1 Å². The number of aliphatic carboxylic acids is 1. The number of aryl methyl sites for hydroxylation is 3. The highest BCUT2D eigenvalue weighted by atomic mass is 32.2. The minimum absolute atomic E-state index is 0.0251. The van der Waals surface area contributed by atoms with Crippen LogP contribution in [0.25, 0.3) is 10.9 Å². The number of aromatic amines is 1. The molecule has 83 heavy (non-hydrogen) atoms. The first-order valence-electron chi connectivity index (χ1n) is 28.0. The molecule has 2 aromatic heterocycles. The van der Waals surface area contributed by atoms with Crippen LogP contribution in [0.5, 0.6) is 5.75 Å². The number of ether oxygens (including phenoxy) is 1. The number of benzene rings is 2. The van der Waals surface area contributed by atoms with Crippen LogP contribution in [0.4, 0.5) is 5.95 Å². The van der Waals surface area contributed by atoms with Crippen molar-refractivity contribution in [3.63, 3.8) is 0 Å². The Kier molecular flexibility index (Phi) is 26.3. The molecular weight excluding hydrogens is 1100 g/mol. The molecule has 458 valence electrons. The number of anilines is 1.